The first-order valence-corrected chi connectivity index (χ1v) is 7.11. The highest BCUT2D eigenvalue weighted by Gasteiger charge is 2.29. The van der Waals surface area contributed by atoms with Crippen LogP contribution in [0.25, 0.3) is 0 Å². The Bertz CT molecular complexity index is 305. The van der Waals surface area contributed by atoms with Gasteiger partial charge in [0.05, 0.1) is 0 Å². The van der Waals surface area contributed by atoms with Crippen LogP contribution in [-0.4, -0.2) is 49.6 Å². The molecule has 0 aliphatic carbocycles. The van der Waals surface area contributed by atoms with E-state index < -0.39 is 0 Å². The average Bonchev–Trinajstić information content (AvgIpc) is 2.47. The lowest BCUT2D eigenvalue weighted by Gasteiger charge is -2.24. The van der Waals surface area contributed by atoms with E-state index in [2.05, 4.69) is 19.2 Å². The molecular weight excluding hydrogens is 244 g/mol. The van der Waals surface area contributed by atoms with E-state index in [0.717, 1.165) is 12.8 Å². The van der Waals surface area contributed by atoms with Crippen molar-refractivity contribution in [3.8, 4) is 0 Å². The van der Waals surface area contributed by atoms with Crippen LogP contribution >= 0.6 is 0 Å². The van der Waals surface area contributed by atoms with Crippen LogP contribution in [0.2, 0.25) is 0 Å². The van der Waals surface area contributed by atoms with Crippen molar-refractivity contribution in [3.63, 3.8) is 0 Å². The highest BCUT2D eigenvalue weighted by molar-refractivity contribution is 5.89. The zero-order valence-electron chi connectivity index (χ0n) is 12.3. The van der Waals surface area contributed by atoms with Gasteiger partial charge in [-0.25, -0.2) is 0 Å². The maximum atomic E-state index is 12.4. The van der Waals surface area contributed by atoms with Gasteiger partial charge in [-0.05, 0) is 25.2 Å². The van der Waals surface area contributed by atoms with Gasteiger partial charge in [0.25, 0.3) is 0 Å². The van der Waals surface area contributed by atoms with Crippen molar-refractivity contribution in [1.82, 2.24) is 10.2 Å². The second-order valence-corrected chi connectivity index (χ2v) is 5.52. The molecule has 110 valence electrons. The van der Waals surface area contributed by atoms with Gasteiger partial charge in [0.1, 0.15) is 6.04 Å². The minimum Gasteiger partial charge on any atom is -0.385 e. The number of amides is 2. The molecule has 0 bridgehead atoms. The Morgan fingerprint density at radius 3 is 2.74 bits per heavy atom. The Labute approximate surface area is 115 Å². The SMILES string of the molecule is COCCCCN1CCC(=O)NC(CC(C)C)C1=O. The summed E-state index contributed by atoms with van der Waals surface area (Å²) in [7, 11) is 1.68. The number of nitrogens with zero attached hydrogens (tertiary/aromatic N) is 1. The summed E-state index contributed by atoms with van der Waals surface area (Å²) in [5, 5.41) is 2.84. The number of hydrogen-bond donors (Lipinski definition) is 1. The second-order valence-electron chi connectivity index (χ2n) is 5.52. The quantitative estimate of drug-likeness (QED) is 0.707. The molecule has 0 saturated carbocycles. The van der Waals surface area contributed by atoms with Crippen molar-refractivity contribution < 1.29 is 14.3 Å². The first-order chi connectivity index (χ1) is 9.04. The molecule has 0 aromatic heterocycles. The standard InChI is InChI=1S/C14H26N2O3/c1-11(2)10-12-14(18)16(7-4-5-9-19-3)8-6-13(17)15-12/h11-12H,4-10H2,1-3H3,(H,15,17). The fraction of sp³-hybridized carbons (Fsp3) is 0.857. The molecule has 0 spiro atoms. The first-order valence-electron chi connectivity index (χ1n) is 7.11. The number of rotatable bonds is 7. The van der Waals surface area contributed by atoms with Gasteiger partial charge in [0.2, 0.25) is 11.8 Å². The number of carbonyl (C=O) groups is 2. The maximum absolute atomic E-state index is 12.4. The molecule has 1 N–H and O–H groups in total. The van der Waals surface area contributed by atoms with Gasteiger partial charge >= 0.3 is 0 Å². The molecule has 19 heavy (non-hydrogen) atoms. The average molecular weight is 270 g/mol. The first kappa shape index (κ1) is 16.0. The summed E-state index contributed by atoms with van der Waals surface area (Å²) in [6.45, 7) is 6.09. The summed E-state index contributed by atoms with van der Waals surface area (Å²) in [6, 6.07) is -0.350. The zero-order chi connectivity index (χ0) is 14.3. The summed E-state index contributed by atoms with van der Waals surface area (Å²) in [6.07, 6.45) is 2.97. The molecule has 1 fully saturated rings. The number of hydrogen-bond acceptors (Lipinski definition) is 3. The van der Waals surface area contributed by atoms with Crippen LogP contribution in [0, 0.1) is 5.92 Å². The molecule has 1 saturated heterocycles. The predicted octanol–water partition coefficient (Wildman–Crippen LogP) is 1.18. The molecule has 0 radical (unpaired) electrons. The third-order valence-corrected chi connectivity index (χ3v) is 3.29. The summed E-state index contributed by atoms with van der Waals surface area (Å²) < 4.78 is 5.00. The minimum absolute atomic E-state index is 0.0154. The highest BCUT2D eigenvalue weighted by Crippen LogP contribution is 2.12. The Hall–Kier alpha value is -1.10. The lowest BCUT2D eigenvalue weighted by atomic mass is 10.0. The fourth-order valence-corrected chi connectivity index (χ4v) is 2.30. The third-order valence-electron chi connectivity index (χ3n) is 3.29. The van der Waals surface area contributed by atoms with E-state index in [-0.39, 0.29) is 17.9 Å². The van der Waals surface area contributed by atoms with Gasteiger partial charge < -0.3 is 15.0 Å². The van der Waals surface area contributed by atoms with Crippen molar-refractivity contribution >= 4 is 11.8 Å². The minimum atomic E-state index is -0.350. The maximum Gasteiger partial charge on any atom is 0.245 e. The van der Waals surface area contributed by atoms with Gasteiger partial charge in [-0.1, -0.05) is 13.8 Å². The smallest absolute Gasteiger partial charge is 0.245 e. The molecular formula is C14H26N2O3. The second kappa shape index (κ2) is 8.15. The van der Waals surface area contributed by atoms with Crippen LogP contribution in [0.15, 0.2) is 0 Å². The largest absolute Gasteiger partial charge is 0.385 e. The Morgan fingerprint density at radius 2 is 2.11 bits per heavy atom. The highest BCUT2D eigenvalue weighted by atomic mass is 16.5. The summed E-state index contributed by atoms with van der Waals surface area (Å²) in [5.41, 5.74) is 0. The van der Waals surface area contributed by atoms with Crippen LogP contribution in [0.3, 0.4) is 0 Å². The topological polar surface area (TPSA) is 58.6 Å². The lowest BCUT2D eigenvalue weighted by molar-refractivity contribution is -0.134. The third kappa shape index (κ3) is 5.59. The van der Waals surface area contributed by atoms with Crippen molar-refractivity contribution in [1.29, 1.82) is 0 Å². The monoisotopic (exact) mass is 270 g/mol. The summed E-state index contributed by atoms with van der Waals surface area (Å²) in [5.74, 6) is 0.443. The van der Waals surface area contributed by atoms with Crippen LogP contribution in [0.5, 0.6) is 0 Å². The van der Waals surface area contributed by atoms with E-state index in [1.807, 2.05) is 4.90 Å². The van der Waals surface area contributed by atoms with Gasteiger partial charge in [-0.15, -0.1) is 0 Å². The van der Waals surface area contributed by atoms with E-state index in [0.29, 0.717) is 38.5 Å². The molecule has 1 aliphatic rings. The van der Waals surface area contributed by atoms with Crippen molar-refractivity contribution in [3.05, 3.63) is 0 Å². The van der Waals surface area contributed by atoms with Gasteiger partial charge in [0, 0.05) is 33.2 Å². The van der Waals surface area contributed by atoms with E-state index in [9.17, 15) is 9.59 Å². The molecule has 5 heteroatoms. The molecule has 2 amide bonds. The van der Waals surface area contributed by atoms with Crippen molar-refractivity contribution in [2.45, 2.75) is 45.6 Å². The lowest BCUT2D eigenvalue weighted by Crippen LogP contribution is -2.45. The Kier molecular flexibility index (Phi) is 6.84. The Morgan fingerprint density at radius 1 is 1.37 bits per heavy atom. The van der Waals surface area contributed by atoms with Crippen LogP contribution in [0.4, 0.5) is 0 Å². The predicted molar refractivity (Wildman–Crippen MR) is 73.7 cm³/mol. The normalized spacial score (nSPS) is 20.6. The number of ether oxygens (including phenoxy) is 1. The zero-order valence-corrected chi connectivity index (χ0v) is 12.3. The van der Waals surface area contributed by atoms with Gasteiger partial charge in [-0.3, -0.25) is 9.59 Å². The molecule has 1 unspecified atom stereocenters. The van der Waals surface area contributed by atoms with Crippen LogP contribution in [0.1, 0.15) is 39.5 Å². The molecule has 1 heterocycles. The molecule has 1 atom stereocenters. The van der Waals surface area contributed by atoms with E-state index in [1.165, 1.54) is 0 Å². The van der Waals surface area contributed by atoms with Gasteiger partial charge in [0.15, 0.2) is 0 Å². The molecule has 1 aliphatic heterocycles. The summed E-state index contributed by atoms with van der Waals surface area (Å²) >= 11 is 0. The van der Waals surface area contributed by atoms with Crippen molar-refractivity contribution in [2.24, 2.45) is 5.92 Å². The number of carbonyl (C=O) groups excluding carboxylic acids is 2. The van der Waals surface area contributed by atoms with Gasteiger partial charge in [-0.2, -0.15) is 0 Å². The number of methoxy groups -OCH3 is 1. The number of nitrogens with one attached hydrogen (secondary N) is 1. The molecule has 0 aromatic carbocycles. The molecule has 5 nitrogen and oxygen atoms in total. The van der Waals surface area contributed by atoms with E-state index in [4.69, 9.17) is 4.74 Å². The van der Waals surface area contributed by atoms with Crippen LogP contribution < -0.4 is 5.32 Å². The molecule has 1 rings (SSSR count). The van der Waals surface area contributed by atoms with E-state index in [1.54, 1.807) is 7.11 Å². The van der Waals surface area contributed by atoms with E-state index >= 15 is 0 Å². The number of unbranched alkanes of at least 4 members (excludes halogenated alkanes) is 1. The van der Waals surface area contributed by atoms with Crippen molar-refractivity contribution in [2.75, 3.05) is 26.8 Å². The van der Waals surface area contributed by atoms with Crippen LogP contribution in [-0.2, 0) is 14.3 Å². The summed E-state index contributed by atoms with van der Waals surface area (Å²) in [4.78, 5) is 25.8. The Balaban J connectivity index is 2.54. The molecule has 0 aromatic rings. The fourth-order valence-electron chi connectivity index (χ4n) is 2.30.